The zero-order chi connectivity index (χ0) is 37.5. The third-order valence-electron chi connectivity index (χ3n) is 7.81. The van der Waals surface area contributed by atoms with Crippen molar-refractivity contribution in [3.05, 3.63) is 95.1 Å². The quantitative estimate of drug-likeness (QED) is 0.229. The largest absolute Gasteiger partial charge is 0.444 e. The number of rotatable bonds is 10. The van der Waals surface area contributed by atoms with Crippen LogP contribution in [0.1, 0.15) is 70.6 Å². The van der Waals surface area contributed by atoms with E-state index in [4.69, 9.17) is 14.2 Å². The average molecular weight is 715 g/mol. The Morgan fingerprint density at radius 2 is 1.43 bits per heavy atom. The van der Waals surface area contributed by atoms with Crippen molar-refractivity contribution in [1.29, 1.82) is 0 Å². The number of ether oxygens (including phenoxy) is 3. The van der Waals surface area contributed by atoms with Gasteiger partial charge in [0.15, 0.2) is 0 Å². The highest BCUT2D eigenvalue weighted by Gasteiger charge is 2.36. The maximum Gasteiger partial charge on any atom is 0.410 e. The van der Waals surface area contributed by atoms with E-state index in [-0.39, 0.29) is 43.8 Å². The molecule has 3 aromatic rings. The van der Waals surface area contributed by atoms with Gasteiger partial charge in [-0.3, -0.25) is 9.78 Å². The summed E-state index contributed by atoms with van der Waals surface area (Å²) in [6, 6.07) is 9.13. The van der Waals surface area contributed by atoms with Crippen LogP contribution in [0.5, 0.6) is 0 Å². The summed E-state index contributed by atoms with van der Waals surface area (Å²) in [7, 11) is 0. The van der Waals surface area contributed by atoms with Crippen LogP contribution < -0.4 is 10.6 Å². The minimum atomic E-state index is -1.43. The summed E-state index contributed by atoms with van der Waals surface area (Å²) < 4.78 is 60.3. The monoisotopic (exact) mass is 714 g/mol. The standard InChI is InChI=1S/C37H45F3N4O7/c1-36(2,3)50-34(47)43-32(31(22-7-11-24(38)12-8-22)23-9-13-25(39)14-10-23)33(46)42-30-18-41-17-29(40)28(30)16-15-26-19-44(20-27(21-45)49-26)35(48)51-37(4,5)6/h7-14,17-18,26-27,31-32,45H,15-16,19-21H2,1-6H3,(H,42,46)(H,43,47)/t26-,27+,32+/m1/s1. The van der Waals surface area contributed by atoms with Gasteiger partial charge in [0.05, 0.1) is 50.0 Å². The lowest BCUT2D eigenvalue weighted by molar-refractivity contribution is -0.118. The van der Waals surface area contributed by atoms with Gasteiger partial charge in [0.1, 0.15) is 34.7 Å². The Kier molecular flexibility index (Phi) is 12.7. The maximum atomic E-state index is 15.4. The molecule has 51 heavy (non-hydrogen) atoms. The first-order valence-electron chi connectivity index (χ1n) is 16.6. The van der Waals surface area contributed by atoms with E-state index in [0.29, 0.717) is 11.1 Å². The first kappa shape index (κ1) is 39.1. The van der Waals surface area contributed by atoms with E-state index in [1.807, 2.05) is 0 Å². The van der Waals surface area contributed by atoms with Crippen molar-refractivity contribution in [3.63, 3.8) is 0 Å². The molecule has 0 unspecified atom stereocenters. The number of hydrogen-bond donors (Lipinski definition) is 3. The molecule has 276 valence electrons. The topological polar surface area (TPSA) is 139 Å². The molecule has 1 fully saturated rings. The van der Waals surface area contributed by atoms with Crippen molar-refractivity contribution >= 4 is 23.8 Å². The van der Waals surface area contributed by atoms with E-state index in [9.17, 15) is 28.3 Å². The first-order valence-corrected chi connectivity index (χ1v) is 16.6. The number of nitrogens with zero attached hydrogens (tertiary/aromatic N) is 2. The van der Waals surface area contributed by atoms with Gasteiger partial charge < -0.3 is 34.9 Å². The number of halogens is 3. The van der Waals surface area contributed by atoms with Gasteiger partial charge in [-0.15, -0.1) is 0 Å². The lowest BCUT2D eigenvalue weighted by Crippen LogP contribution is -2.52. The predicted octanol–water partition coefficient (Wildman–Crippen LogP) is 6.09. The Morgan fingerprint density at radius 3 is 1.96 bits per heavy atom. The van der Waals surface area contributed by atoms with Crippen LogP contribution in [0.25, 0.3) is 0 Å². The Hall–Kier alpha value is -4.69. The number of aromatic nitrogens is 1. The summed E-state index contributed by atoms with van der Waals surface area (Å²) >= 11 is 0. The van der Waals surface area contributed by atoms with Crippen LogP contribution in [0, 0.1) is 17.5 Å². The van der Waals surface area contributed by atoms with Gasteiger partial charge in [-0.25, -0.2) is 22.8 Å². The van der Waals surface area contributed by atoms with Gasteiger partial charge >= 0.3 is 12.2 Å². The number of amides is 3. The molecule has 1 aliphatic heterocycles. The second kappa shape index (κ2) is 16.6. The Morgan fingerprint density at radius 1 is 0.882 bits per heavy atom. The van der Waals surface area contributed by atoms with E-state index in [2.05, 4.69) is 15.6 Å². The molecule has 14 heteroatoms. The summed E-state index contributed by atoms with van der Waals surface area (Å²) in [6.45, 7) is 10.0. The summed E-state index contributed by atoms with van der Waals surface area (Å²) in [4.78, 5) is 45.5. The zero-order valence-electron chi connectivity index (χ0n) is 29.5. The van der Waals surface area contributed by atoms with Gasteiger partial charge in [-0.05, 0) is 89.8 Å². The van der Waals surface area contributed by atoms with E-state index in [1.54, 1.807) is 41.5 Å². The number of alkyl carbamates (subject to hydrolysis) is 1. The number of nitrogens with one attached hydrogen (secondary N) is 2. The molecule has 3 atom stereocenters. The summed E-state index contributed by atoms with van der Waals surface area (Å²) in [5, 5.41) is 15.1. The number of aliphatic hydroxyl groups excluding tert-OH is 1. The summed E-state index contributed by atoms with van der Waals surface area (Å²) in [5.74, 6) is -3.56. The lowest BCUT2D eigenvalue weighted by atomic mass is 9.84. The molecule has 1 aliphatic rings. The number of carbonyl (C=O) groups is 3. The van der Waals surface area contributed by atoms with Crippen LogP contribution in [-0.4, -0.2) is 82.2 Å². The fraction of sp³-hybridized carbons (Fsp3) is 0.459. The third-order valence-corrected chi connectivity index (χ3v) is 7.81. The van der Waals surface area contributed by atoms with Gasteiger partial charge in [-0.1, -0.05) is 24.3 Å². The number of hydrogen-bond acceptors (Lipinski definition) is 8. The summed E-state index contributed by atoms with van der Waals surface area (Å²) in [5.41, 5.74) is -0.755. The number of pyridine rings is 1. The van der Waals surface area contributed by atoms with Gasteiger partial charge in [-0.2, -0.15) is 0 Å². The SMILES string of the molecule is CC(C)(C)OC(=O)N[C@H](C(=O)Nc1cncc(F)c1CC[C@@H]1CN(C(=O)OC(C)(C)C)C[C@@H](CO)O1)C(c1ccc(F)cc1)c1ccc(F)cc1. The molecule has 2 aromatic carbocycles. The highest BCUT2D eigenvalue weighted by atomic mass is 19.1. The average Bonchev–Trinajstić information content (AvgIpc) is 3.04. The highest BCUT2D eigenvalue weighted by Crippen LogP contribution is 2.31. The van der Waals surface area contributed by atoms with Crippen molar-refractivity contribution in [1.82, 2.24) is 15.2 Å². The minimum absolute atomic E-state index is 0.00599. The minimum Gasteiger partial charge on any atom is -0.444 e. The molecule has 0 bridgehead atoms. The first-order chi connectivity index (χ1) is 23.9. The van der Waals surface area contributed by atoms with Crippen LogP contribution >= 0.6 is 0 Å². The van der Waals surface area contributed by atoms with Crippen molar-refractivity contribution in [2.24, 2.45) is 0 Å². The van der Waals surface area contributed by atoms with E-state index in [1.165, 1.54) is 59.6 Å². The molecule has 0 spiro atoms. The Bertz CT molecular complexity index is 1620. The van der Waals surface area contributed by atoms with Crippen molar-refractivity contribution in [2.45, 2.75) is 89.8 Å². The van der Waals surface area contributed by atoms with Crippen molar-refractivity contribution in [3.8, 4) is 0 Å². The molecule has 0 aliphatic carbocycles. The molecule has 3 N–H and O–H groups in total. The molecule has 1 aromatic heterocycles. The number of aliphatic hydroxyl groups is 1. The molecular formula is C37H45F3N4O7. The number of morpholine rings is 1. The lowest BCUT2D eigenvalue weighted by Gasteiger charge is -2.38. The molecule has 1 saturated heterocycles. The van der Waals surface area contributed by atoms with Crippen LogP contribution in [0.3, 0.4) is 0 Å². The van der Waals surface area contributed by atoms with E-state index >= 15 is 4.39 Å². The van der Waals surface area contributed by atoms with Crippen LogP contribution in [-0.2, 0) is 25.4 Å². The second-order valence-corrected chi connectivity index (χ2v) is 14.3. The maximum absolute atomic E-state index is 15.4. The molecule has 4 rings (SSSR count). The normalized spacial score (nSPS) is 17.1. The third kappa shape index (κ3) is 11.4. The Balaban J connectivity index is 1.64. The van der Waals surface area contributed by atoms with Crippen LogP contribution in [0.15, 0.2) is 60.9 Å². The van der Waals surface area contributed by atoms with Crippen LogP contribution in [0.2, 0.25) is 0 Å². The van der Waals surface area contributed by atoms with E-state index < -0.39 is 70.9 Å². The second-order valence-electron chi connectivity index (χ2n) is 14.3. The van der Waals surface area contributed by atoms with Crippen molar-refractivity contribution < 1.29 is 46.9 Å². The van der Waals surface area contributed by atoms with Crippen molar-refractivity contribution in [2.75, 3.05) is 25.0 Å². The molecular weight excluding hydrogens is 669 g/mol. The molecule has 0 saturated carbocycles. The molecule has 0 radical (unpaired) electrons. The molecule has 3 amide bonds. The zero-order valence-corrected chi connectivity index (χ0v) is 29.5. The summed E-state index contributed by atoms with van der Waals surface area (Å²) in [6.07, 6.45) is -0.334. The fourth-order valence-corrected chi connectivity index (χ4v) is 5.65. The van der Waals surface area contributed by atoms with Gasteiger partial charge in [0.25, 0.3) is 0 Å². The van der Waals surface area contributed by atoms with Gasteiger partial charge in [0, 0.05) is 11.5 Å². The number of carbonyl (C=O) groups excluding carboxylic acids is 3. The Labute approximate surface area is 295 Å². The molecule has 11 nitrogen and oxygen atoms in total. The van der Waals surface area contributed by atoms with E-state index in [0.717, 1.165) is 6.20 Å². The molecule has 2 heterocycles. The van der Waals surface area contributed by atoms with Crippen LogP contribution in [0.4, 0.5) is 28.4 Å². The smallest absolute Gasteiger partial charge is 0.410 e. The number of benzene rings is 2. The highest BCUT2D eigenvalue weighted by molar-refractivity contribution is 5.98. The van der Waals surface area contributed by atoms with Gasteiger partial charge in [0.2, 0.25) is 5.91 Å². The predicted molar refractivity (Wildman–Crippen MR) is 183 cm³/mol. The number of anilines is 1. The fourth-order valence-electron chi connectivity index (χ4n) is 5.65.